The van der Waals surface area contributed by atoms with Crippen molar-refractivity contribution in [3.05, 3.63) is 29.6 Å². The Hall–Kier alpha value is -0.890. The number of nitrogens with one attached hydrogen (secondary N) is 1. The molecule has 0 radical (unpaired) electrons. The highest BCUT2D eigenvalue weighted by Crippen LogP contribution is 2.31. The van der Waals surface area contributed by atoms with Crippen LogP contribution in [0.2, 0.25) is 0 Å². The lowest BCUT2D eigenvalue weighted by Gasteiger charge is -2.33. The van der Waals surface area contributed by atoms with Gasteiger partial charge in [0.1, 0.15) is 0 Å². The van der Waals surface area contributed by atoms with Gasteiger partial charge in [0.2, 0.25) is 0 Å². The maximum Gasteiger partial charge on any atom is 0.0419 e. The maximum atomic E-state index is 4.64. The van der Waals surface area contributed by atoms with Crippen molar-refractivity contribution in [3.63, 3.8) is 0 Å². The van der Waals surface area contributed by atoms with E-state index < -0.39 is 0 Å². The Labute approximate surface area is 124 Å². The number of likely N-dealkylation sites (N-methyl/N-ethyl adjacent to an activating group) is 1. The Balaban J connectivity index is 1.97. The summed E-state index contributed by atoms with van der Waals surface area (Å²) in [5, 5.41) is 3.70. The van der Waals surface area contributed by atoms with E-state index in [1.807, 2.05) is 6.20 Å². The highest BCUT2D eigenvalue weighted by Gasteiger charge is 2.25. The van der Waals surface area contributed by atoms with Crippen molar-refractivity contribution in [3.8, 4) is 0 Å². The number of hydrogen-bond acceptors (Lipinski definition) is 2. The molecule has 1 unspecified atom stereocenters. The molecule has 1 saturated carbocycles. The Bertz CT molecular complexity index is 377. The van der Waals surface area contributed by atoms with E-state index in [-0.39, 0.29) is 0 Å². The molecule has 20 heavy (non-hydrogen) atoms. The second kappa shape index (κ2) is 7.78. The van der Waals surface area contributed by atoms with E-state index in [0.29, 0.717) is 6.04 Å². The van der Waals surface area contributed by atoms with Gasteiger partial charge in [0, 0.05) is 24.4 Å². The van der Waals surface area contributed by atoms with E-state index >= 15 is 0 Å². The number of nitrogens with zero attached hydrogens (tertiary/aromatic N) is 1. The van der Waals surface area contributed by atoms with Crippen LogP contribution in [0, 0.1) is 11.8 Å². The van der Waals surface area contributed by atoms with Gasteiger partial charge >= 0.3 is 0 Å². The summed E-state index contributed by atoms with van der Waals surface area (Å²) < 4.78 is 0. The molecular formula is C18H30N2. The quantitative estimate of drug-likeness (QED) is 0.848. The van der Waals surface area contributed by atoms with Crippen molar-refractivity contribution in [1.82, 2.24) is 10.3 Å². The van der Waals surface area contributed by atoms with Crippen molar-refractivity contribution < 1.29 is 0 Å². The highest BCUT2D eigenvalue weighted by atomic mass is 14.9. The average molecular weight is 274 g/mol. The molecule has 0 spiro atoms. The first-order valence-electron chi connectivity index (χ1n) is 8.40. The lowest BCUT2D eigenvalue weighted by molar-refractivity contribution is 0.229. The number of aryl methyl sites for hydroxylation is 1. The molecule has 1 aliphatic rings. The fourth-order valence-electron chi connectivity index (χ4n) is 3.37. The van der Waals surface area contributed by atoms with Crippen LogP contribution in [-0.4, -0.2) is 17.6 Å². The molecule has 0 amide bonds. The molecular weight excluding hydrogens is 244 g/mol. The van der Waals surface area contributed by atoms with Gasteiger partial charge < -0.3 is 5.32 Å². The molecule has 2 heteroatoms. The summed E-state index contributed by atoms with van der Waals surface area (Å²) in [5.41, 5.74) is 2.58. The van der Waals surface area contributed by atoms with E-state index in [1.165, 1.54) is 36.9 Å². The van der Waals surface area contributed by atoms with E-state index in [0.717, 1.165) is 31.2 Å². The average Bonchev–Trinajstić information content (AvgIpc) is 2.48. The van der Waals surface area contributed by atoms with E-state index in [2.05, 4.69) is 43.2 Å². The molecule has 2 nitrogen and oxygen atoms in total. The van der Waals surface area contributed by atoms with Crippen LogP contribution < -0.4 is 5.32 Å². The monoisotopic (exact) mass is 274 g/mol. The highest BCUT2D eigenvalue weighted by molar-refractivity contribution is 5.15. The van der Waals surface area contributed by atoms with Gasteiger partial charge in [-0.3, -0.25) is 4.98 Å². The molecule has 1 aromatic heterocycles. The molecule has 0 aromatic carbocycles. The Kier molecular flexibility index (Phi) is 6.03. The summed E-state index contributed by atoms with van der Waals surface area (Å²) in [6.07, 6.45) is 9.75. The first-order valence-corrected chi connectivity index (χ1v) is 8.40. The van der Waals surface area contributed by atoms with Gasteiger partial charge in [0.25, 0.3) is 0 Å². The van der Waals surface area contributed by atoms with Gasteiger partial charge in [0.15, 0.2) is 0 Å². The Morgan fingerprint density at radius 1 is 1.20 bits per heavy atom. The van der Waals surface area contributed by atoms with E-state index in [1.54, 1.807) is 0 Å². The van der Waals surface area contributed by atoms with Gasteiger partial charge in [-0.2, -0.15) is 0 Å². The summed E-state index contributed by atoms with van der Waals surface area (Å²) in [6.45, 7) is 7.85. The Morgan fingerprint density at radius 2 is 1.95 bits per heavy atom. The van der Waals surface area contributed by atoms with Crippen LogP contribution in [-0.2, 0) is 12.8 Å². The van der Waals surface area contributed by atoms with Crippen LogP contribution in [0.4, 0.5) is 0 Å². The lowest BCUT2D eigenvalue weighted by atomic mass is 9.78. The molecule has 1 heterocycles. The van der Waals surface area contributed by atoms with Crippen LogP contribution in [0.15, 0.2) is 18.3 Å². The predicted molar refractivity (Wildman–Crippen MR) is 85.9 cm³/mol. The van der Waals surface area contributed by atoms with E-state index in [9.17, 15) is 0 Å². The van der Waals surface area contributed by atoms with Gasteiger partial charge in [-0.25, -0.2) is 0 Å². The van der Waals surface area contributed by atoms with Crippen LogP contribution in [0.25, 0.3) is 0 Å². The molecule has 2 rings (SSSR count). The smallest absolute Gasteiger partial charge is 0.0419 e. The summed E-state index contributed by atoms with van der Waals surface area (Å²) >= 11 is 0. The zero-order valence-corrected chi connectivity index (χ0v) is 13.4. The predicted octanol–water partition coefficient (Wildman–Crippen LogP) is 3.99. The second-order valence-corrected chi connectivity index (χ2v) is 6.40. The fourth-order valence-corrected chi connectivity index (χ4v) is 3.37. The summed E-state index contributed by atoms with van der Waals surface area (Å²) in [4.78, 5) is 4.64. The fraction of sp³-hybridized carbons (Fsp3) is 0.722. The third-order valence-electron chi connectivity index (χ3n) is 4.82. The normalized spacial score (nSPS) is 24.6. The van der Waals surface area contributed by atoms with Crippen molar-refractivity contribution in [1.29, 1.82) is 0 Å². The summed E-state index contributed by atoms with van der Waals surface area (Å²) in [7, 11) is 0. The minimum Gasteiger partial charge on any atom is -0.314 e. The molecule has 1 aromatic rings. The molecule has 1 N–H and O–H groups in total. The van der Waals surface area contributed by atoms with Gasteiger partial charge in [-0.05, 0) is 49.3 Å². The molecule has 1 atom stereocenters. The van der Waals surface area contributed by atoms with E-state index in [4.69, 9.17) is 0 Å². The minimum atomic E-state index is 0.604. The zero-order valence-electron chi connectivity index (χ0n) is 13.4. The van der Waals surface area contributed by atoms with Gasteiger partial charge in [-0.15, -0.1) is 0 Å². The lowest BCUT2D eigenvalue weighted by Crippen LogP contribution is -2.39. The largest absolute Gasteiger partial charge is 0.314 e. The second-order valence-electron chi connectivity index (χ2n) is 6.40. The molecule has 0 saturated heterocycles. The molecule has 112 valence electrons. The SMILES string of the molecule is CCNC(Cc1ccc(CC)cn1)C1CCC(C)CC1. The van der Waals surface area contributed by atoms with Gasteiger partial charge in [-0.1, -0.05) is 39.7 Å². The van der Waals surface area contributed by atoms with Crippen molar-refractivity contribution in [2.45, 2.75) is 65.3 Å². The Morgan fingerprint density at radius 3 is 2.50 bits per heavy atom. The first-order chi connectivity index (χ1) is 9.72. The van der Waals surface area contributed by atoms with Crippen LogP contribution in [0.5, 0.6) is 0 Å². The molecule has 1 fully saturated rings. The molecule has 0 bridgehead atoms. The van der Waals surface area contributed by atoms with Crippen molar-refractivity contribution in [2.75, 3.05) is 6.54 Å². The number of aromatic nitrogens is 1. The minimum absolute atomic E-state index is 0.604. The van der Waals surface area contributed by atoms with Crippen LogP contribution in [0.1, 0.15) is 57.7 Å². The summed E-state index contributed by atoms with van der Waals surface area (Å²) in [5.74, 6) is 1.76. The standard InChI is InChI=1S/C18H30N2/c1-4-15-8-11-17(20-13-15)12-18(19-5-2)16-9-6-14(3)7-10-16/h8,11,13-14,16,18-19H,4-7,9-10,12H2,1-3H3. The zero-order chi connectivity index (χ0) is 14.4. The third kappa shape index (κ3) is 4.31. The number of rotatable bonds is 6. The van der Waals surface area contributed by atoms with Crippen molar-refractivity contribution >= 4 is 0 Å². The molecule has 0 aliphatic heterocycles. The van der Waals surface area contributed by atoms with Gasteiger partial charge in [0.05, 0.1) is 0 Å². The number of pyridine rings is 1. The van der Waals surface area contributed by atoms with Crippen LogP contribution in [0.3, 0.4) is 0 Å². The summed E-state index contributed by atoms with van der Waals surface area (Å²) in [6, 6.07) is 5.05. The topological polar surface area (TPSA) is 24.9 Å². The third-order valence-corrected chi connectivity index (χ3v) is 4.82. The maximum absolute atomic E-state index is 4.64. The molecule has 1 aliphatic carbocycles. The van der Waals surface area contributed by atoms with Crippen LogP contribution >= 0.6 is 0 Å². The first kappa shape index (κ1) is 15.5. The van der Waals surface area contributed by atoms with Crippen molar-refractivity contribution in [2.24, 2.45) is 11.8 Å². The number of hydrogen-bond donors (Lipinski definition) is 1.